The number of phosphoric ester groups is 1. The van der Waals surface area contributed by atoms with Gasteiger partial charge in [0.2, 0.25) is 42.9 Å². The molecule has 0 aliphatic carbocycles. The summed E-state index contributed by atoms with van der Waals surface area (Å²) >= 11 is 0. The Labute approximate surface area is 524 Å². The van der Waals surface area contributed by atoms with Crippen LogP contribution >= 0.6 is 7.82 Å². The summed E-state index contributed by atoms with van der Waals surface area (Å²) in [6, 6.07) is 2.91. The molecule has 14 N–H and O–H groups in total. The number of carbonyl (C=O) groups is 7. The van der Waals surface area contributed by atoms with Crippen molar-refractivity contribution in [2.45, 2.75) is 170 Å². The van der Waals surface area contributed by atoms with Crippen molar-refractivity contribution in [2.24, 2.45) is 77.5 Å². The summed E-state index contributed by atoms with van der Waals surface area (Å²) in [7, 11) is -5.04. The van der Waals surface area contributed by atoms with Gasteiger partial charge in [-0.05, 0) is 108 Å². The van der Waals surface area contributed by atoms with Crippen LogP contribution in [0.4, 0.5) is 0 Å². The lowest BCUT2D eigenvalue weighted by Crippen LogP contribution is -2.59. The Morgan fingerprint density at radius 2 is 1.52 bits per heavy atom. The average Bonchev–Trinajstić information content (AvgIpc) is 1.53. The number of aliphatic hydroxyl groups excluding tert-OH is 2. The summed E-state index contributed by atoms with van der Waals surface area (Å²) < 4.78 is 32.3. The maximum atomic E-state index is 14.4. The van der Waals surface area contributed by atoms with Crippen molar-refractivity contribution in [3.05, 3.63) is 63.9 Å². The van der Waals surface area contributed by atoms with Crippen molar-refractivity contribution < 1.29 is 67.0 Å². The second-order valence-electron chi connectivity index (χ2n) is 26.6. The van der Waals surface area contributed by atoms with Crippen molar-refractivity contribution in [2.75, 3.05) is 32.8 Å². The topological polar surface area (TPSA) is 418 Å². The number of aliphatic hydroxyl groups is 2. The van der Waals surface area contributed by atoms with E-state index in [4.69, 9.17) is 46.0 Å². The number of imidazole rings is 1. The minimum absolute atomic E-state index is 0.00697. The zero-order chi connectivity index (χ0) is 66.2. The molecule has 6 aliphatic rings. The van der Waals surface area contributed by atoms with Gasteiger partial charge in [-0.3, -0.25) is 57.6 Å². The zero-order valence-corrected chi connectivity index (χ0v) is 54.1. The molecule has 0 radical (unpaired) electrons. The molecule has 27 nitrogen and oxygen atoms in total. The molecule has 8 rings (SSSR count). The molecule has 492 valence electrons. The number of amides is 7. The smallest absolute Gasteiger partial charge is 0.394 e. The number of aliphatic imine (C=N–C) groups is 3. The highest BCUT2D eigenvalue weighted by molar-refractivity contribution is 7.47. The Hall–Kier alpha value is -7.00. The van der Waals surface area contributed by atoms with Gasteiger partial charge < -0.3 is 68.2 Å². The van der Waals surface area contributed by atoms with Gasteiger partial charge in [0.1, 0.15) is 18.3 Å². The number of rotatable bonds is 29. The molecule has 0 saturated carbocycles. The number of benzene rings is 1. The highest BCUT2D eigenvalue weighted by Gasteiger charge is 2.66. The molecule has 1 aromatic carbocycles. The van der Waals surface area contributed by atoms with E-state index in [1.54, 1.807) is 4.57 Å². The predicted molar refractivity (Wildman–Crippen MR) is 334 cm³/mol. The zero-order valence-electron chi connectivity index (χ0n) is 53.3. The molecule has 2 fully saturated rings. The van der Waals surface area contributed by atoms with Crippen molar-refractivity contribution >= 4 is 78.9 Å². The number of aryl methyl sites for hydroxylation is 2. The standard InChI is InChI=1S/C62H90N13O14P/c1-32-20-42-43(21-33(32)2)75(28-70-42)57-52(84)53(44(26-76)87-57)89-90(85,86)88-34(3)24-69-49(83)16-18-59(8)40(25-67-30-78)56-62(11)61(10,27-68-31-79)39(17-19-66-29-77)51(74-62)36(5)55-60(9,23-48(65)82)37(12-14-46(63)80)41(71-55)22-45-58(6,7)38(13-15-47(64)81)50(72-45)35(4)54(59)73-56/h20-22,28-31,34,37-40,44,52-53,56-57,71,76,84H,12-19,23-27H2,1-11H3,(H2,63,80)(H2,64,81)(H2,65,82)(H,66,77)(H,67,78)(H,68,79)(H,69,83)(H,85,86). The molecule has 0 spiro atoms. The quantitative estimate of drug-likeness (QED) is 0.0317. The number of hydrogen-bond donors (Lipinski definition) is 11. The molecular formula is C62H90N13O14P. The van der Waals surface area contributed by atoms with E-state index in [1.165, 1.54) is 13.3 Å². The van der Waals surface area contributed by atoms with E-state index in [9.17, 15) is 53.2 Å². The van der Waals surface area contributed by atoms with Crippen LogP contribution in [-0.2, 0) is 51.9 Å². The van der Waals surface area contributed by atoms with Crippen LogP contribution in [0.1, 0.15) is 131 Å². The largest absolute Gasteiger partial charge is 0.472 e. The van der Waals surface area contributed by atoms with E-state index in [0.717, 1.165) is 11.1 Å². The normalized spacial score (nSPS) is 31.9. The minimum Gasteiger partial charge on any atom is -0.394 e. The summed E-state index contributed by atoms with van der Waals surface area (Å²) in [5.74, 6) is -4.40. The molecule has 2 aromatic rings. The molecule has 7 heterocycles. The van der Waals surface area contributed by atoms with E-state index in [1.807, 2.05) is 87.4 Å². The predicted octanol–water partition coefficient (Wildman–Crippen LogP) is 2.78. The number of phosphoric acid groups is 1. The van der Waals surface area contributed by atoms with Gasteiger partial charge >= 0.3 is 7.82 Å². The molecule has 15 unspecified atom stereocenters. The van der Waals surface area contributed by atoms with Crippen LogP contribution in [-0.4, -0.2) is 153 Å². The van der Waals surface area contributed by atoms with Crippen LogP contribution in [0.25, 0.3) is 11.0 Å². The van der Waals surface area contributed by atoms with Gasteiger partial charge in [0, 0.05) is 131 Å². The first-order valence-electron chi connectivity index (χ1n) is 30.7. The summed E-state index contributed by atoms with van der Waals surface area (Å²) in [5.41, 5.74) is 20.5. The van der Waals surface area contributed by atoms with E-state index in [2.05, 4.69) is 31.6 Å². The molecule has 15 atom stereocenters. The lowest BCUT2D eigenvalue weighted by molar-refractivity contribution is -0.122. The number of primary amides is 3. The maximum Gasteiger partial charge on any atom is 0.472 e. The second kappa shape index (κ2) is 26.7. The summed E-state index contributed by atoms with van der Waals surface area (Å²) in [4.78, 5) is 123. The Bertz CT molecular complexity index is 3430. The number of nitrogens with one attached hydrogen (secondary N) is 5. The lowest BCUT2D eigenvalue weighted by atomic mass is 9.57. The van der Waals surface area contributed by atoms with Gasteiger partial charge in [-0.2, -0.15) is 0 Å². The molecule has 6 aliphatic heterocycles. The molecule has 7 amide bonds. The van der Waals surface area contributed by atoms with Crippen molar-refractivity contribution in [1.82, 2.24) is 36.1 Å². The van der Waals surface area contributed by atoms with Crippen molar-refractivity contribution in [3.8, 4) is 0 Å². The first-order chi connectivity index (χ1) is 42.3. The number of carbonyl (C=O) groups excluding carboxylic acids is 7. The molecule has 2 saturated heterocycles. The highest BCUT2D eigenvalue weighted by Crippen LogP contribution is 2.61. The molecule has 90 heavy (non-hydrogen) atoms. The third-order valence-corrected chi connectivity index (χ3v) is 21.7. The molecule has 8 bridgehead atoms. The van der Waals surface area contributed by atoms with Crippen LogP contribution in [0.15, 0.2) is 67.8 Å². The molecule has 1 aromatic heterocycles. The van der Waals surface area contributed by atoms with E-state index < -0.39 is 126 Å². The van der Waals surface area contributed by atoms with E-state index in [-0.39, 0.29) is 71.1 Å². The number of hydrogen-bond acceptors (Lipinski definition) is 18. The number of aromatic nitrogens is 2. The van der Waals surface area contributed by atoms with Crippen LogP contribution in [0, 0.1) is 59.2 Å². The summed E-state index contributed by atoms with van der Waals surface area (Å²) in [5, 5.41) is 37.0. The van der Waals surface area contributed by atoms with Gasteiger partial charge in [-0.25, -0.2) is 9.55 Å². The van der Waals surface area contributed by atoms with Crippen molar-refractivity contribution in [1.29, 1.82) is 0 Å². The number of nitrogens with two attached hydrogens (primary N) is 3. The first kappa shape index (κ1) is 68.9. The second-order valence-corrected chi connectivity index (χ2v) is 28.0. The first-order valence-corrected chi connectivity index (χ1v) is 32.2. The highest BCUT2D eigenvalue weighted by atomic mass is 31.2. The van der Waals surface area contributed by atoms with E-state index in [0.29, 0.717) is 82.1 Å². The van der Waals surface area contributed by atoms with E-state index >= 15 is 0 Å². The van der Waals surface area contributed by atoms with Crippen LogP contribution in [0.3, 0.4) is 0 Å². The van der Waals surface area contributed by atoms with Crippen LogP contribution in [0.2, 0.25) is 0 Å². The summed E-state index contributed by atoms with van der Waals surface area (Å²) in [6.45, 7) is 20.2. The fraction of sp³-hybridized carbons (Fsp3) is 0.629. The van der Waals surface area contributed by atoms with Gasteiger partial charge in [-0.15, -0.1) is 0 Å². The Morgan fingerprint density at radius 1 is 0.867 bits per heavy atom. The van der Waals surface area contributed by atoms with Gasteiger partial charge in [0.05, 0.1) is 41.7 Å². The Balaban J connectivity index is 1.19. The third kappa shape index (κ3) is 13.0. The number of allylic oxidation sites excluding steroid dienone is 6. The maximum absolute atomic E-state index is 14.4. The average molecular weight is 1270 g/mol. The van der Waals surface area contributed by atoms with Gasteiger partial charge in [0.25, 0.3) is 0 Å². The van der Waals surface area contributed by atoms with Gasteiger partial charge in [0.15, 0.2) is 6.23 Å². The fourth-order valence-electron chi connectivity index (χ4n) is 15.3. The summed E-state index contributed by atoms with van der Waals surface area (Å²) in [6.07, 6.45) is -0.931. The van der Waals surface area contributed by atoms with Crippen LogP contribution < -0.4 is 43.8 Å². The van der Waals surface area contributed by atoms with Crippen LogP contribution in [0.5, 0.6) is 0 Å². The lowest BCUT2D eigenvalue weighted by Gasteiger charge is -2.48. The number of nitrogens with zero attached hydrogens (tertiary/aromatic N) is 5. The number of fused-ring (bicyclic) bond motifs is 7. The molecule has 28 heteroatoms. The molecular weight excluding hydrogens is 1180 g/mol. The monoisotopic (exact) mass is 1270 g/mol. The third-order valence-electron chi connectivity index (χ3n) is 20.6. The Morgan fingerprint density at radius 3 is 2.16 bits per heavy atom. The Kier molecular flexibility index (Phi) is 20.4. The van der Waals surface area contributed by atoms with Crippen molar-refractivity contribution in [3.63, 3.8) is 0 Å². The SMILES string of the molecule is CC1=C2N=C(C=C3NC(=C(C)C4=NC(C)(C5N=C1C(C)(CCC(=O)NCC(C)OP(=O)(O)OC1C(CO)OC(n6cnc7cc(C)c(C)cc76)C1O)C5CNC=O)C(C)(CNC=O)C4CCNC=O)C(C)(CC(N)=O)C3CCC(N)=O)C(C)(C)C2CCC(N)=O. The number of ether oxygens (including phenoxy) is 1. The minimum atomic E-state index is -5.04. The van der Waals surface area contributed by atoms with Gasteiger partial charge in [-0.1, -0.05) is 34.6 Å². The fourth-order valence-corrected chi connectivity index (χ4v) is 16.4.